The molecule has 2 fully saturated rings. The Morgan fingerprint density at radius 2 is 1.43 bits per heavy atom. The van der Waals surface area contributed by atoms with Crippen molar-refractivity contribution in [2.45, 2.75) is 76.7 Å². The lowest BCUT2D eigenvalue weighted by atomic mass is 9.84. The van der Waals surface area contributed by atoms with E-state index in [0.717, 1.165) is 57.4 Å². The Bertz CT molecular complexity index is 800. The molecule has 0 spiro atoms. The molecule has 0 aromatic heterocycles. The predicted molar refractivity (Wildman–Crippen MR) is 145 cm³/mol. The number of piperidine rings is 2. The first-order chi connectivity index (χ1) is 18.0. The zero-order valence-electron chi connectivity index (χ0n) is 22.2. The highest BCUT2D eigenvalue weighted by atomic mass is 16.4. The van der Waals surface area contributed by atoms with Crippen molar-refractivity contribution in [2.24, 2.45) is 17.8 Å². The number of nitrogens with one attached hydrogen (secondary N) is 4. The Balaban J connectivity index is 1.47. The smallest absolute Gasteiger partial charge is 0.305 e. The first-order valence-electron chi connectivity index (χ1n) is 14.2. The van der Waals surface area contributed by atoms with Crippen molar-refractivity contribution < 1.29 is 19.5 Å². The van der Waals surface area contributed by atoms with Gasteiger partial charge in [-0.15, -0.1) is 0 Å². The Kier molecular flexibility index (Phi) is 12.9. The fourth-order valence-electron chi connectivity index (χ4n) is 5.63. The zero-order chi connectivity index (χ0) is 26.3. The van der Waals surface area contributed by atoms with Gasteiger partial charge in [-0.3, -0.25) is 14.4 Å². The van der Waals surface area contributed by atoms with Crippen LogP contribution in [0.25, 0.3) is 0 Å². The maximum absolute atomic E-state index is 13.2. The summed E-state index contributed by atoms with van der Waals surface area (Å²) in [5, 5.41) is 21.8. The molecule has 0 radical (unpaired) electrons. The number of rotatable bonds is 15. The van der Waals surface area contributed by atoms with Gasteiger partial charge in [0.2, 0.25) is 11.8 Å². The van der Waals surface area contributed by atoms with Gasteiger partial charge < -0.3 is 26.4 Å². The number of hydrogen-bond donors (Lipinski definition) is 5. The van der Waals surface area contributed by atoms with Crippen molar-refractivity contribution >= 4 is 17.8 Å². The Labute approximate surface area is 221 Å². The van der Waals surface area contributed by atoms with Gasteiger partial charge in [-0.2, -0.15) is 0 Å². The highest BCUT2D eigenvalue weighted by molar-refractivity contribution is 5.86. The van der Waals surface area contributed by atoms with Gasteiger partial charge in [0.05, 0.1) is 13.0 Å². The molecule has 2 aliphatic rings. The van der Waals surface area contributed by atoms with E-state index in [9.17, 15) is 19.5 Å². The quantitative estimate of drug-likeness (QED) is 0.246. The van der Waals surface area contributed by atoms with Crippen LogP contribution in [0.3, 0.4) is 0 Å². The van der Waals surface area contributed by atoms with Crippen LogP contribution in [-0.2, 0) is 20.8 Å². The van der Waals surface area contributed by atoms with Crippen LogP contribution in [0.4, 0.5) is 0 Å². The van der Waals surface area contributed by atoms with Gasteiger partial charge in [0, 0.05) is 12.0 Å². The minimum Gasteiger partial charge on any atom is -0.481 e. The maximum atomic E-state index is 13.2. The molecule has 0 aliphatic carbocycles. The lowest BCUT2D eigenvalue weighted by molar-refractivity contribution is -0.138. The lowest BCUT2D eigenvalue weighted by Gasteiger charge is -2.27. The molecule has 3 rings (SSSR count). The number of amides is 2. The SMILES string of the molecule is O=C(O)CC(CCc1ccccc1)NC(=O)CNC(=O)C(CCC1CCNCC1)CCC1CCNCC1. The van der Waals surface area contributed by atoms with E-state index >= 15 is 0 Å². The van der Waals surface area contributed by atoms with Crippen molar-refractivity contribution in [3.05, 3.63) is 35.9 Å². The van der Waals surface area contributed by atoms with E-state index in [1.54, 1.807) is 0 Å². The third kappa shape index (κ3) is 11.6. The van der Waals surface area contributed by atoms with Crippen molar-refractivity contribution in [3.63, 3.8) is 0 Å². The summed E-state index contributed by atoms with van der Waals surface area (Å²) in [6, 6.07) is 9.35. The molecule has 2 saturated heterocycles. The minimum atomic E-state index is -0.946. The van der Waals surface area contributed by atoms with Crippen LogP contribution in [-0.4, -0.2) is 61.7 Å². The van der Waals surface area contributed by atoms with Crippen LogP contribution in [0.15, 0.2) is 30.3 Å². The standard InChI is InChI=1S/C29H46N4O4/c34-27(33-26(20-28(35)36)11-8-22-4-2-1-3-5-22)21-32-29(37)25(9-6-23-12-16-30-17-13-23)10-7-24-14-18-31-19-15-24/h1-5,23-26,30-31H,6-21H2,(H,32,37)(H,33,34)(H,35,36). The predicted octanol–water partition coefficient (Wildman–Crippen LogP) is 2.87. The summed E-state index contributed by atoms with van der Waals surface area (Å²) in [6.45, 7) is 4.10. The first-order valence-corrected chi connectivity index (χ1v) is 14.2. The molecule has 1 aromatic rings. The zero-order valence-corrected chi connectivity index (χ0v) is 22.2. The van der Waals surface area contributed by atoms with Crippen LogP contribution < -0.4 is 21.3 Å². The second kappa shape index (κ2) is 16.4. The summed E-state index contributed by atoms with van der Waals surface area (Å²) in [5.74, 6) is -0.0655. The summed E-state index contributed by atoms with van der Waals surface area (Å²) >= 11 is 0. The first kappa shape index (κ1) is 29.1. The molecule has 2 amide bonds. The fraction of sp³-hybridized carbons (Fsp3) is 0.690. The van der Waals surface area contributed by atoms with E-state index in [0.29, 0.717) is 24.7 Å². The third-order valence-corrected chi connectivity index (χ3v) is 7.97. The monoisotopic (exact) mass is 514 g/mol. The van der Waals surface area contributed by atoms with E-state index in [2.05, 4.69) is 21.3 Å². The largest absolute Gasteiger partial charge is 0.481 e. The van der Waals surface area contributed by atoms with Crippen LogP contribution in [0.2, 0.25) is 0 Å². The van der Waals surface area contributed by atoms with E-state index in [1.165, 1.54) is 25.7 Å². The summed E-state index contributed by atoms with van der Waals surface area (Å²) in [7, 11) is 0. The molecule has 1 unspecified atom stereocenters. The molecule has 2 heterocycles. The molecule has 2 aliphatic heterocycles. The van der Waals surface area contributed by atoms with Gasteiger partial charge in [-0.05, 0) is 108 Å². The topological polar surface area (TPSA) is 120 Å². The minimum absolute atomic E-state index is 0.0444. The van der Waals surface area contributed by atoms with Gasteiger partial charge in [-0.25, -0.2) is 0 Å². The number of carboxylic acids is 1. The molecular weight excluding hydrogens is 468 g/mol. The summed E-state index contributed by atoms with van der Waals surface area (Å²) < 4.78 is 0. The average Bonchev–Trinajstić information content (AvgIpc) is 2.92. The van der Waals surface area contributed by atoms with Crippen LogP contribution in [0, 0.1) is 17.8 Å². The van der Waals surface area contributed by atoms with Crippen molar-refractivity contribution in [2.75, 3.05) is 32.7 Å². The average molecular weight is 515 g/mol. The van der Waals surface area contributed by atoms with Gasteiger partial charge in [0.15, 0.2) is 0 Å². The number of carboxylic acid groups (broad SMARTS) is 1. The number of carbonyl (C=O) groups is 3. The van der Waals surface area contributed by atoms with Gasteiger partial charge in [0.25, 0.3) is 0 Å². The Morgan fingerprint density at radius 3 is 1.97 bits per heavy atom. The molecule has 206 valence electrons. The Hall–Kier alpha value is -2.45. The van der Waals surface area contributed by atoms with Crippen molar-refractivity contribution in [1.82, 2.24) is 21.3 Å². The second-order valence-corrected chi connectivity index (χ2v) is 10.8. The Morgan fingerprint density at radius 1 is 0.865 bits per heavy atom. The van der Waals surface area contributed by atoms with Gasteiger partial charge >= 0.3 is 5.97 Å². The fourth-order valence-corrected chi connectivity index (χ4v) is 5.63. The second-order valence-electron chi connectivity index (χ2n) is 10.8. The summed E-state index contributed by atoms with van der Waals surface area (Å²) in [6.07, 6.45) is 9.57. The van der Waals surface area contributed by atoms with Gasteiger partial charge in [0.1, 0.15) is 0 Å². The van der Waals surface area contributed by atoms with E-state index < -0.39 is 12.0 Å². The van der Waals surface area contributed by atoms with Crippen LogP contribution >= 0.6 is 0 Å². The number of hydrogen-bond acceptors (Lipinski definition) is 5. The third-order valence-electron chi connectivity index (χ3n) is 7.97. The van der Waals surface area contributed by atoms with Crippen molar-refractivity contribution in [3.8, 4) is 0 Å². The van der Waals surface area contributed by atoms with Gasteiger partial charge in [-0.1, -0.05) is 30.3 Å². The molecule has 0 bridgehead atoms. The molecule has 5 N–H and O–H groups in total. The number of aryl methyl sites for hydroxylation is 1. The number of aliphatic carboxylic acids is 1. The molecule has 0 saturated carbocycles. The summed E-state index contributed by atoms with van der Waals surface area (Å²) in [4.78, 5) is 37.1. The van der Waals surface area contributed by atoms with Crippen LogP contribution in [0.1, 0.15) is 69.8 Å². The summed E-state index contributed by atoms with van der Waals surface area (Å²) in [5.41, 5.74) is 1.10. The van der Waals surface area contributed by atoms with Crippen LogP contribution in [0.5, 0.6) is 0 Å². The maximum Gasteiger partial charge on any atom is 0.305 e. The normalized spacial score (nSPS) is 17.9. The lowest BCUT2D eigenvalue weighted by Crippen LogP contribution is -2.44. The van der Waals surface area contributed by atoms with E-state index in [1.807, 2.05) is 30.3 Å². The molecule has 1 atom stereocenters. The highest BCUT2D eigenvalue weighted by Crippen LogP contribution is 2.26. The molecule has 1 aromatic carbocycles. The highest BCUT2D eigenvalue weighted by Gasteiger charge is 2.24. The molecule has 8 nitrogen and oxygen atoms in total. The number of carbonyl (C=O) groups excluding carboxylic acids is 2. The number of benzene rings is 1. The van der Waals surface area contributed by atoms with Crippen molar-refractivity contribution in [1.29, 1.82) is 0 Å². The van der Waals surface area contributed by atoms with E-state index in [-0.39, 0.29) is 30.7 Å². The molecule has 8 heteroatoms. The van der Waals surface area contributed by atoms with E-state index in [4.69, 9.17) is 0 Å². The molecular formula is C29H46N4O4. The molecule has 37 heavy (non-hydrogen) atoms.